The molecule has 0 aromatic heterocycles. The Morgan fingerprint density at radius 3 is 2.28 bits per heavy atom. The molecule has 1 aliphatic carbocycles. The Hall–Kier alpha value is -3.91. The fraction of sp³-hybridized carbons (Fsp3) is 0.286. The highest BCUT2D eigenvalue weighted by molar-refractivity contribution is 5.81. The molecule has 0 spiro atoms. The Morgan fingerprint density at radius 2 is 1.67 bits per heavy atom. The van der Waals surface area contributed by atoms with Gasteiger partial charge in [0, 0.05) is 38.5 Å². The normalized spacial score (nSPS) is 15.6. The molecule has 36 heavy (non-hydrogen) atoms. The van der Waals surface area contributed by atoms with Crippen LogP contribution in [0.15, 0.2) is 66.7 Å². The van der Waals surface area contributed by atoms with Crippen molar-refractivity contribution in [3.63, 3.8) is 0 Å². The van der Waals surface area contributed by atoms with Gasteiger partial charge in [-0.3, -0.25) is 0 Å². The Balaban J connectivity index is 1.22. The van der Waals surface area contributed by atoms with E-state index in [0.29, 0.717) is 24.3 Å². The first-order chi connectivity index (χ1) is 17.5. The van der Waals surface area contributed by atoms with E-state index in [0.717, 1.165) is 35.3 Å². The average Bonchev–Trinajstić information content (AvgIpc) is 3.21. The van der Waals surface area contributed by atoms with Gasteiger partial charge in [0.25, 0.3) is 0 Å². The molecule has 8 heteroatoms. The number of halogens is 1. The minimum Gasteiger partial charge on any atom is -0.480 e. The molecule has 1 fully saturated rings. The lowest BCUT2D eigenvalue weighted by molar-refractivity contribution is -0.139. The summed E-state index contributed by atoms with van der Waals surface area (Å²) in [7, 11) is 0. The highest BCUT2D eigenvalue weighted by atomic mass is 19.1. The maximum Gasteiger partial charge on any atom is 0.407 e. The second-order valence-electron chi connectivity index (χ2n) is 9.09. The summed E-state index contributed by atoms with van der Waals surface area (Å²) >= 11 is 0. The lowest BCUT2D eigenvalue weighted by Gasteiger charge is -2.29. The van der Waals surface area contributed by atoms with Gasteiger partial charge in [-0.25, -0.2) is 14.0 Å². The van der Waals surface area contributed by atoms with Crippen LogP contribution in [0.25, 0.3) is 11.1 Å². The van der Waals surface area contributed by atoms with Gasteiger partial charge in [-0.1, -0.05) is 54.6 Å². The van der Waals surface area contributed by atoms with Crippen LogP contribution >= 0.6 is 0 Å². The highest BCUT2D eigenvalue weighted by Crippen LogP contribution is 2.44. The summed E-state index contributed by atoms with van der Waals surface area (Å²) in [5.74, 6) is -1.74. The molecule has 0 bridgehead atoms. The average molecular weight is 490 g/mol. The number of aliphatic carboxylic acids is 1. The summed E-state index contributed by atoms with van der Waals surface area (Å²) < 4.78 is 20.2. The van der Waals surface area contributed by atoms with Crippen molar-refractivity contribution in [2.75, 3.05) is 37.7 Å². The highest BCUT2D eigenvalue weighted by Gasteiger charge is 2.30. The van der Waals surface area contributed by atoms with E-state index in [4.69, 9.17) is 4.74 Å². The molecule has 1 aliphatic heterocycles. The maximum absolute atomic E-state index is 14.8. The molecule has 3 aromatic carbocycles. The topological polar surface area (TPSA) is 90.9 Å². The van der Waals surface area contributed by atoms with Crippen LogP contribution in [0.1, 0.15) is 22.6 Å². The maximum atomic E-state index is 14.8. The van der Waals surface area contributed by atoms with Crippen LogP contribution in [-0.4, -0.2) is 56.0 Å². The summed E-state index contributed by atoms with van der Waals surface area (Å²) in [6, 6.07) is 19.4. The van der Waals surface area contributed by atoms with Gasteiger partial charge in [0.1, 0.15) is 18.5 Å². The molecule has 0 saturated carbocycles. The van der Waals surface area contributed by atoms with Crippen molar-refractivity contribution in [2.24, 2.45) is 0 Å². The smallest absolute Gasteiger partial charge is 0.407 e. The van der Waals surface area contributed by atoms with Crippen LogP contribution in [0.2, 0.25) is 0 Å². The summed E-state index contributed by atoms with van der Waals surface area (Å²) in [4.78, 5) is 26.4. The van der Waals surface area contributed by atoms with Crippen molar-refractivity contribution in [3.05, 3.63) is 89.2 Å². The first-order valence-electron chi connectivity index (χ1n) is 12.1. The van der Waals surface area contributed by atoms with Crippen LogP contribution in [0.4, 0.5) is 14.9 Å². The predicted molar refractivity (Wildman–Crippen MR) is 135 cm³/mol. The second kappa shape index (κ2) is 10.4. The van der Waals surface area contributed by atoms with E-state index in [1.807, 2.05) is 53.4 Å². The number of amides is 1. The second-order valence-corrected chi connectivity index (χ2v) is 9.09. The third-order valence-electron chi connectivity index (χ3n) is 6.84. The molecule has 1 saturated heterocycles. The Kier molecular flexibility index (Phi) is 6.86. The number of carboxylic acid groups (broad SMARTS) is 1. The van der Waals surface area contributed by atoms with E-state index in [2.05, 4.69) is 10.6 Å². The number of nitrogens with one attached hydrogen (secondary N) is 2. The van der Waals surface area contributed by atoms with Crippen LogP contribution in [-0.2, 0) is 16.0 Å². The molecule has 1 unspecified atom stereocenters. The zero-order valence-corrected chi connectivity index (χ0v) is 19.7. The number of fused-ring (bicyclic) bond motifs is 3. The summed E-state index contributed by atoms with van der Waals surface area (Å²) in [6.07, 6.45) is -0.875. The van der Waals surface area contributed by atoms with Gasteiger partial charge in [0.05, 0.1) is 5.69 Å². The molecule has 1 amide bonds. The number of nitrogens with zero attached hydrogens (tertiary/aromatic N) is 1. The van der Waals surface area contributed by atoms with Crippen molar-refractivity contribution in [1.82, 2.24) is 10.6 Å². The quantitative estimate of drug-likeness (QED) is 0.468. The van der Waals surface area contributed by atoms with E-state index in [-0.39, 0.29) is 18.9 Å². The zero-order valence-electron chi connectivity index (χ0n) is 19.7. The fourth-order valence-corrected chi connectivity index (χ4v) is 5.06. The molecule has 7 nitrogen and oxygen atoms in total. The van der Waals surface area contributed by atoms with E-state index in [1.165, 1.54) is 6.07 Å². The van der Waals surface area contributed by atoms with Crippen molar-refractivity contribution in [3.8, 4) is 11.1 Å². The number of piperazine rings is 1. The number of carbonyl (C=O) groups is 2. The van der Waals surface area contributed by atoms with Gasteiger partial charge in [0.15, 0.2) is 0 Å². The zero-order chi connectivity index (χ0) is 25.1. The summed E-state index contributed by atoms with van der Waals surface area (Å²) in [5, 5.41) is 15.3. The van der Waals surface area contributed by atoms with Crippen molar-refractivity contribution in [1.29, 1.82) is 0 Å². The number of ether oxygens (including phenoxy) is 1. The molecule has 1 heterocycles. The van der Waals surface area contributed by atoms with E-state index in [9.17, 15) is 19.1 Å². The molecule has 186 valence electrons. The van der Waals surface area contributed by atoms with Crippen molar-refractivity contribution in [2.45, 2.75) is 18.4 Å². The Labute approximate surface area is 208 Å². The lowest BCUT2D eigenvalue weighted by Crippen LogP contribution is -2.44. The van der Waals surface area contributed by atoms with Gasteiger partial charge in [-0.15, -0.1) is 0 Å². The van der Waals surface area contributed by atoms with Crippen LogP contribution in [0, 0.1) is 5.82 Å². The Bertz CT molecular complexity index is 1230. The largest absolute Gasteiger partial charge is 0.480 e. The third kappa shape index (κ3) is 4.90. The van der Waals surface area contributed by atoms with Crippen molar-refractivity contribution < 1.29 is 23.8 Å². The van der Waals surface area contributed by atoms with Crippen LogP contribution in [0.5, 0.6) is 0 Å². The number of hydrogen-bond donors (Lipinski definition) is 3. The molecular formula is C28H28FN3O4. The Morgan fingerprint density at radius 1 is 1.03 bits per heavy atom. The minimum absolute atomic E-state index is 0.0573. The predicted octanol–water partition coefficient (Wildman–Crippen LogP) is 3.77. The molecule has 3 aromatic rings. The van der Waals surface area contributed by atoms with Crippen LogP contribution in [0.3, 0.4) is 0 Å². The molecule has 1 atom stereocenters. The van der Waals surface area contributed by atoms with Gasteiger partial charge in [0.2, 0.25) is 0 Å². The monoisotopic (exact) mass is 489 g/mol. The molecule has 0 radical (unpaired) electrons. The van der Waals surface area contributed by atoms with Crippen molar-refractivity contribution >= 4 is 17.7 Å². The van der Waals surface area contributed by atoms with Gasteiger partial charge in [-0.2, -0.15) is 0 Å². The molecule has 3 N–H and O–H groups in total. The first-order valence-corrected chi connectivity index (χ1v) is 12.1. The van der Waals surface area contributed by atoms with E-state index < -0.39 is 23.9 Å². The third-order valence-corrected chi connectivity index (χ3v) is 6.84. The SMILES string of the molecule is O=C(NC(Cc1ccc(N2CCNCC2)c(F)c1)C(=O)O)OCC1c2ccccc2-c2ccccc21. The number of carbonyl (C=O) groups excluding carboxylic acids is 1. The van der Waals surface area contributed by atoms with Crippen LogP contribution < -0.4 is 15.5 Å². The number of anilines is 1. The lowest BCUT2D eigenvalue weighted by atomic mass is 9.98. The minimum atomic E-state index is -1.25. The standard InChI is InChI=1S/C28H28FN3O4/c29-24-15-18(9-10-26(24)32-13-11-30-12-14-32)16-25(27(33)34)31-28(35)36-17-23-21-7-3-1-5-19(21)20-6-2-4-8-22(20)23/h1-10,15,23,25,30H,11-14,16-17H2,(H,31,35)(H,33,34). The number of rotatable bonds is 7. The van der Waals surface area contributed by atoms with Gasteiger partial charge >= 0.3 is 12.1 Å². The van der Waals surface area contributed by atoms with Gasteiger partial charge in [-0.05, 0) is 39.9 Å². The molecular weight excluding hydrogens is 461 g/mol. The summed E-state index contributed by atoms with van der Waals surface area (Å²) in [6.45, 7) is 3.06. The number of hydrogen-bond acceptors (Lipinski definition) is 5. The number of benzene rings is 3. The summed E-state index contributed by atoms with van der Waals surface area (Å²) in [5.41, 5.74) is 5.34. The van der Waals surface area contributed by atoms with E-state index >= 15 is 0 Å². The van der Waals surface area contributed by atoms with Gasteiger partial charge < -0.3 is 25.4 Å². The fourth-order valence-electron chi connectivity index (χ4n) is 5.06. The molecule has 5 rings (SSSR count). The number of carboxylic acids is 1. The van der Waals surface area contributed by atoms with E-state index in [1.54, 1.807) is 12.1 Å². The number of alkyl carbamates (subject to hydrolysis) is 1. The molecule has 2 aliphatic rings. The first kappa shape index (κ1) is 23.8.